The highest BCUT2D eigenvalue weighted by molar-refractivity contribution is 7.89. The lowest BCUT2D eigenvalue weighted by Crippen LogP contribution is -2.36. The van der Waals surface area contributed by atoms with Crippen molar-refractivity contribution in [2.45, 2.75) is 50.0 Å². The number of sulfonamides is 1. The van der Waals surface area contributed by atoms with Crippen LogP contribution in [0.25, 0.3) is 5.57 Å². The van der Waals surface area contributed by atoms with Gasteiger partial charge in [-0.1, -0.05) is 38.0 Å². The lowest BCUT2D eigenvalue weighted by Gasteiger charge is -2.22. The summed E-state index contributed by atoms with van der Waals surface area (Å²) in [6.45, 7) is 4.81. The molecule has 1 aromatic carbocycles. The second-order valence-corrected chi connectivity index (χ2v) is 8.20. The van der Waals surface area contributed by atoms with Crippen molar-refractivity contribution in [2.75, 3.05) is 0 Å². The van der Waals surface area contributed by atoms with Gasteiger partial charge in [-0.15, -0.1) is 0 Å². The lowest BCUT2D eigenvalue weighted by molar-refractivity contribution is 0.171. The number of amides is 1. The molecule has 1 saturated carbocycles. The summed E-state index contributed by atoms with van der Waals surface area (Å²) in [5.41, 5.74) is 0.341. The molecule has 0 aliphatic heterocycles. The van der Waals surface area contributed by atoms with Crippen molar-refractivity contribution >= 4 is 21.7 Å². The van der Waals surface area contributed by atoms with E-state index in [-0.39, 0.29) is 27.8 Å². The van der Waals surface area contributed by atoms with Crippen LogP contribution in [0.3, 0.4) is 0 Å². The van der Waals surface area contributed by atoms with E-state index in [4.69, 9.17) is 9.88 Å². The molecule has 1 aliphatic carbocycles. The number of carbonyl (C=O) groups is 1. The van der Waals surface area contributed by atoms with Gasteiger partial charge in [-0.05, 0) is 49.6 Å². The highest BCUT2D eigenvalue weighted by Crippen LogP contribution is 2.25. The van der Waals surface area contributed by atoms with Gasteiger partial charge < -0.3 is 10.1 Å². The minimum Gasteiger partial charge on any atom is -0.410 e. The Bertz CT molecular complexity index is 897. The Hall–Kier alpha value is -2.45. The van der Waals surface area contributed by atoms with E-state index >= 15 is 0 Å². The Morgan fingerprint density at radius 2 is 2.00 bits per heavy atom. The molecular weight excluding hydrogens is 383 g/mol. The van der Waals surface area contributed by atoms with Crippen molar-refractivity contribution in [1.29, 1.82) is 0 Å². The van der Waals surface area contributed by atoms with E-state index in [1.807, 2.05) is 0 Å². The molecule has 0 heterocycles. The number of hydrogen-bond donors (Lipinski definition) is 2. The third-order valence-electron chi connectivity index (χ3n) is 4.47. The van der Waals surface area contributed by atoms with Crippen LogP contribution in [-0.4, -0.2) is 20.6 Å². The summed E-state index contributed by atoms with van der Waals surface area (Å²) in [6.07, 6.45) is 7.03. The number of primary sulfonamides is 1. The monoisotopic (exact) mass is 408 g/mol. The summed E-state index contributed by atoms with van der Waals surface area (Å²) < 4.78 is 42.5. The molecule has 0 bridgehead atoms. The number of allylic oxidation sites excluding steroid dienone is 4. The zero-order valence-electron chi connectivity index (χ0n) is 15.8. The molecule has 28 heavy (non-hydrogen) atoms. The summed E-state index contributed by atoms with van der Waals surface area (Å²) >= 11 is 0. The average Bonchev–Trinajstić information content (AvgIpc) is 2.65. The quantitative estimate of drug-likeness (QED) is 0.545. The van der Waals surface area contributed by atoms with E-state index in [0.717, 1.165) is 32.1 Å². The molecule has 6 nitrogen and oxygen atoms in total. The zero-order valence-corrected chi connectivity index (χ0v) is 16.6. The summed E-state index contributed by atoms with van der Waals surface area (Å²) in [5, 5.41) is 7.94. The first kappa shape index (κ1) is 21.8. The number of carbonyl (C=O) groups excluding carboxylic acids is 1. The van der Waals surface area contributed by atoms with Gasteiger partial charge in [0.15, 0.2) is 0 Å². The third-order valence-corrected chi connectivity index (χ3v) is 5.38. The largest absolute Gasteiger partial charge is 0.412 e. The van der Waals surface area contributed by atoms with Crippen molar-refractivity contribution in [3.63, 3.8) is 0 Å². The van der Waals surface area contributed by atoms with Gasteiger partial charge in [0.05, 0.1) is 4.90 Å². The number of benzene rings is 1. The Labute approximate surface area is 165 Å². The predicted molar refractivity (Wildman–Crippen MR) is 106 cm³/mol. The molecule has 0 spiro atoms. The molecule has 0 atom stereocenters. The molecule has 0 aromatic heterocycles. The van der Waals surface area contributed by atoms with Crippen LogP contribution < -0.4 is 10.5 Å². The molecule has 152 valence electrons. The van der Waals surface area contributed by atoms with Crippen molar-refractivity contribution in [2.24, 2.45) is 5.14 Å². The average molecular weight is 408 g/mol. The van der Waals surface area contributed by atoms with E-state index in [1.165, 1.54) is 43.3 Å². The van der Waals surface area contributed by atoms with Crippen LogP contribution in [0.1, 0.15) is 44.6 Å². The van der Waals surface area contributed by atoms with Crippen LogP contribution in [0.2, 0.25) is 0 Å². The van der Waals surface area contributed by atoms with E-state index < -0.39 is 21.9 Å². The number of rotatable bonds is 6. The molecule has 1 aromatic rings. The standard InChI is InChI=1S/C20H25FN2O4S/c1-3-17(27-20(24)23-16-9-5-4-6-10-16)13-19(14(2)21)15-8-7-11-18(12-15)28(22,25)26/h3,7-8,11-13,16H,1,4-6,9-10H2,2H3,(H,23,24)(H2,22,25,26)/b17-13+,19-14-. The van der Waals surface area contributed by atoms with E-state index in [0.29, 0.717) is 0 Å². The minimum atomic E-state index is -3.94. The molecule has 2 rings (SSSR count). The second kappa shape index (κ2) is 9.66. The summed E-state index contributed by atoms with van der Waals surface area (Å²) in [6, 6.07) is 5.63. The van der Waals surface area contributed by atoms with Gasteiger partial charge in [-0.25, -0.2) is 22.7 Å². The Morgan fingerprint density at radius 1 is 1.32 bits per heavy atom. The van der Waals surface area contributed by atoms with Crippen LogP contribution in [0.4, 0.5) is 9.18 Å². The summed E-state index contributed by atoms with van der Waals surface area (Å²) in [4.78, 5) is 12.0. The van der Waals surface area contributed by atoms with Crippen LogP contribution in [-0.2, 0) is 14.8 Å². The van der Waals surface area contributed by atoms with Gasteiger partial charge in [0.2, 0.25) is 10.0 Å². The number of nitrogens with two attached hydrogens (primary N) is 1. The van der Waals surface area contributed by atoms with Gasteiger partial charge in [0.1, 0.15) is 11.6 Å². The van der Waals surface area contributed by atoms with Gasteiger partial charge >= 0.3 is 6.09 Å². The Kier molecular flexibility index (Phi) is 7.53. The molecule has 0 saturated heterocycles. The maximum Gasteiger partial charge on any atom is 0.412 e. The van der Waals surface area contributed by atoms with Crippen molar-refractivity contribution in [3.8, 4) is 0 Å². The van der Waals surface area contributed by atoms with Gasteiger partial charge in [-0.3, -0.25) is 0 Å². The van der Waals surface area contributed by atoms with Crippen LogP contribution in [0.5, 0.6) is 0 Å². The first-order chi connectivity index (χ1) is 13.2. The fraction of sp³-hybridized carbons (Fsp3) is 0.350. The molecule has 1 aliphatic rings. The van der Waals surface area contributed by atoms with Gasteiger partial charge in [0.25, 0.3) is 0 Å². The molecule has 1 amide bonds. The smallest absolute Gasteiger partial charge is 0.410 e. The van der Waals surface area contributed by atoms with Gasteiger partial charge in [0, 0.05) is 11.6 Å². The molecular formula is C20H25FN2O4S. The minimum absolute atomic E-state index is 0.0429. The number of hydrogen-bond acceptors (Lipinski definition) is 4. The number of halogens is 1. The summed E-state index contributed by atoms with van der Waals surface area (Å²) in [5.74, 6) is -0.538. The van der Waals surface area contributed by atoms with Crippen molar-refractivity contribution in [1.82, 2.24) is 5.32 Å². The molecule has 3 N–H and O–H groups in total. The van der Waals surface area contributed by atoms with Crippen molar-refractivity contribution < 1.29 is 22.3 Å². The molecule has 8 heteroatoms. The maximum absolute atomic E-state index is 14.2. The van der Waals surface area contributed by atoms with Crippen LogP contribution in [0, 0.1) is 0 Å². The fourth-order valence-electron chi connectivity index (χ4n) is 3.04. The zero-order chi connectivity index (χ0) is 20.7. The first-order valence-corrected chi connectivity index (χ1v) is 10.6. The van der Waals surface area contributed by atoms with E-state index in [1.54, 1.807) is 0 Å². The number of ether oxygens (including phenoxy) is 1. The second-order valence-electron chi connectivity index (χ2n) is 6.64. The highest BCUT2D eigenvalue weighted by atomic mass is 32.2. The predicted octanol–water partition coefficient (Wildman–Crippen LogP) is 4.16. The topological polar surface area (TPSA) is 98.5 Å². The molecule has 0 unspecified atom stereocenters. The number of nitrogens with one attached hydrogen (secondary N) is 1. The Balaban J connectivity index is 2.22. The van der Waals surface area contributed by atoms with E-state index in [2.05, 4.69) is 11.9 Å². The fourth-order valence-corrected chi connectivity index (χ4v) is 3.60. The van der Waals surface area contributed by atoms with E-state index in [9.17, 15) is 17.6 Å². The maximum atomic E-state index is 14.2. The van der Waals surface area contributed by atoms with Crippen LogP contribution in [0.15, 0.2) is 59.5 Å². The third kappa shape index (κ3) is 6.31. The van der Waals surface area contributed by atoms with Crippen molar-refractivity contribution in [3.05, 3.63) is 60.1 Å². The Morgan fingerprint density at radius 3 is 2.57 bits per heavy atom. The SMILES string of the molecule is C=C/C(=C\C(=C(/C)F)c1cccc(S(N)(=O)=O)c1)OC(=O)NC1CCCCC1. The number of alkyl carbamates (subject to hydrolysis) is 1. The highest BCUT2D eigenvalue weighted by Gasteiger charge is 2.17. The normalized spacial score (nSPS) is 16.9. The first-order valence-electron chi connectivity index (χ1n) is 9.03. The lowest BCUT2D eigenvalue weighted by atomic mass is 9.96. The summed E-state index contributed by atoms with van der Waals surface area (Å²) in [7, 11) is -3.94. The molecule has 1 fully saturated rings. The molecule has 0 radical (unpaired) electrons. The van der Waals surface area contributed by atoms with Gasteiger partial charge in [-0.2, -0.15) is 0 Å². The van der Waals surface area contributed by atoms with Crippen LogP contribution >= 0.6 is 0 Å².